The quantitative estimate of drug-likeness (QED) is 0.782. The van der Waals surface area contributed by atoms with Gasteiger partial charge in [0.15, 0.2) is 0 Å². The first-order valence-corrected chi connectivity index (χ1v) is 11.3. The molecule has 1 saturated heterocycles. The van der Waals surface area contributed by atoms with Gasteiger partial charge >= 0.3 is 0 Å². The SMILES string of the molecule is CCc1ccccc1NC(=O)Cn1cccc(S(=O)(=O)N2CCC(C)CC2)c1=O. The third-order valence-corrected chi connectivity index (χ3v) is 7.24. The predicted molar refractivity (Wildman–Crippen MR) is 112 cm³/mol. The molecule has 3 rings (SSSR count). The van der Waals surface area contributed by atoms with Crippen LogP contribution in [0.25, 0.3) is 0 Å². The lowest BCUT2D eigenvalue weighted by Crippen LogP contribution is -2.41. The molecule has 1 aromatic heterocycles. The minimum Gasteiger partial charge on any atom is -0.324 e. The van der Waals surface area contributed by atoms with Gasteiger partial charge in [-0.15, -0.1) is 0 Å². The Morgan fingerprint density at radius 3 is 2.52 bits per heavy atom. The Hall–Kier alpha value is -2.45. The van der Waals surface area contributed by atoms with Gasteiger partial charge in [0, 0.05) is 25.0 Å². The molecule has 1 aromatic carbocycles. The van der Waals surface area contributed by atoms with E-state index in [9.17, 15) is 18.0 Å². The molecule has 29 heavy (non-hydrogen) atoms. The number of benzene rings is 1. The van der Waals surface area contributed by atoms with Crippen LogP contribution in [0.2, 0.25) is 0 Å². The van der Waals surface area contributed by atoms with Crippen LogP contribution in [0.3, 0.4) is 0 Å². The summed E-state index contributed by atoms with van der Waals surface area (Å²) >= 11 is 0. The number of para-hydroxylation sites is 1. The second kappa shape index (κ2) is 8.92. The Morgan fingerprint density at radius 1 is 1.14 bits per heavy atom. The number of hydrogen-bond acceptors (Lipinski definition) is 4. The number of rotatable bonds is 6. The van der Waals surface area contributed by atoms with Crippen molar-refractivity contribution in [1.82, 2.24) is 8.87 Å². The number of amides is 1. The molecule has 0 atom stereocenters. The molecular weight excluding hydrogens is 390 g/mol. The fraction of sp³-hybridized carbons (Fsp3) is 0.429. The lowest BCUT2D eigenvalue weighted by Gasteiger charge is -2.29. The molecule has 8 heteroatoms. The number of carbonyl (C=O) groups is 1. The van der Waals surface area contributed by atoms with Gasteiger partial charge < -0.3 is 9.88 Å². The number of nitrogens with one attached hydrogen (secondary N) is 1. The molecule has 1 aliphatic rings. The normalized spacial score (nSPS) is 15.9. The van der Waals surface area contributed by atoms with Crippen LogP contribution in [0.4, 0.5) is 5.69 Å². The first-order valence-electron chi connectivity index (χ1n) is 9.90. The summed E-state index contributed by atoms with van der Waals surface area (Å²) in [5.74, 6) is 0.0953. The van der Waals surface area contributed by atoms with Crippen molar-refractivity contribution in [2.75, 3.05) is 18.4 Å². The molecule has 156 valence electrons. The van der Waals surface area contributed by atoms with E-state index in [4.69, 9.17) is 0 Å². The monoisotopic (exact) mass is 417 g/mol. The van der Waals surface area contributed by atoms with Gasteiger partial charge in [0.1, 0.15) is 11.4 Å². The topological polar surface area (TPSA) is 88.5 Å². The fourth-order valence-electron chi connectivity index (χ4n) is 3.50. The van der Waals surface area contributed by atoms with Crippen LogP contribution in [-0.4, -0.2) is 36.3 Å². The summed E-state index contributed by atoms with van der Waals surface area (Å²) in [6.45, 7) is 4.65. The molecule has 1 aliphatic heterocycles. The third-order valence-electron chi connectivity index (χ3n) is 5.33. The van der Waals surface area contributed by atoms with Gasteiger partial charge in [-0.3, -0.25) is 9.59 Å². The molecule has 0 aliphatic carbocycles. The molecule has 1 fully saturated rings. The van der Waals surface area contributed by atoms with Gasteiger partial charge in [0.25, 0.3) is 5.56 Å². The van der Waals surface area contributed by atoms with Crippen molar-refractivity contribution < 1.29 is 13.2 Å². The highest BCUT2D eigenvalue weighted by Gasteiger charge is 2.30. The average Bonchev–Trinajstić information content (AvgIpc) is 2.70. The van der Waals surface area contributed by atoms with Gasteiger partial charge in [-0.2, -0.15) is 4.31 Å². The number of sulfonamides is 1. The minimum absolute atomic E-state index is 0.253. The first-order chi connectivity index (χ1) is 13.8. The summed E-state index contributed by atoms with van der Waals surface area (Å²) in [6, 6.07) is 10.3. The zero-order valence-electron chi connectivity index (χ0n) is 16.8. The van der Waals surface area contributed by atoms with Gasteiger partial charge in [0.05, 0.1) is 0 Å². The summed E-state index contributed by atoms with van der Waals surface area (Å²) in [5, 5.41) is 2.81. The lowest BCUT2D eigenvalue weighted by atomic mass is 10.0. The van der Waals surface area contributed by atoms with Crippen LogP contribution in [0.5, 0.6) is 0 Å². The molecule has 1 amide bonds. The number of hydrogen-bond donors (Lipinski definition) is 1. The second-order valence-electron chi connectivity index (χ2n) is 7.45. The van der Waals surface area contributed by atoms with E-state index in [1.807, 2.05) is 25.1 Å². The maximum Gasteiger partial charge on any atom is 0.271 e. The van der Waals surface area contributed by atoms with E-state index in [2.05, 4.69) is 12.2 Å². The highest BCUT2D eigenvalue weighted by Crippen LogP contribution is 2.22. The molecule has 0 saturated carbocycles. The smallest absolute Gasteiger partial charge is 0.271 e. The molecule has 2 heterocycles. The van der Waals surface area contributed by atoms with Gasteiger partial charge in [-0.25, -0.2) is 8.42 Å². The van der Waals surface area contributed by atoms with E-state index in [1.165, 1.54) is 22.6 Å². The van der Waals surface area contributed by atoms with E-state index < -0.39 is 15.6 Å². The Bertz CT molecular complexity index is 1040. The van der Waals surface area contributed by atoms with Crippen LogP contribution in [0.1, 0.15) is 32.3 Å². The van der Waals surface area contributed by atoms with Crippen LogP contribution >= 0.6 is 0 Å². The number of anilines is 1. The Morgan fingerprint density at radius 2 is 1.83 bits per heavy atom. The van der Waals surface area contributed by atoms with Crippen molar-refractivity contribution in [3.05, 3.63) is 58.5 Å². The van der Waals surface area contributed by atoms with Crippen LogP contribution in [-0.2, 0) is 27.8 Å². The number of aryl methyl sites for hydroxylation is 1. The van der Waals surface area contributed by atoms with E-state index >= 15 is 0 Å². The summed E-state index contributed by atoms with van der Waals surface area (Å²) in [4.78, 5) is 25.0. The number of aromatic nitrogens is 1. The number of pyridine rings is 1. The van der Waals surface area contributed by atoms with Crippen molar-refractivity contribution in [3.8, 4) is 0 Å². The molecule has 0 bridgehead atoms. The van der Waals surface area contributed by atoms with E-state index in [-0.39, 0.29) is 17.3 Å². The van der Waals surface area contributed by atoms with Gasteiger partial charge in [-0.05, 0) is 48.9 Å². The van der Waals surface area contributed by atoms with E-state index in [1.54, 1.807) is 6.07 Å². The van der Waals surface area contributed by atoms with Crippen LogP contribution < -0.4 is 10.9 Å². The van der Waals surface area contributed by atoms with Crippen LogP contribution in [0, 0.1) is 5.92 Å². The summed E-state index contributed by atoms with van der Waals surface area (Å²) < 4.78 is 28.4. The second-order valence-corrected chi connectivity index (χ2v) is 9.36. The lowest BCUT2D eigenvalue weighted by molar-refractivity contribution is -0.116. The molecule has 0 unspecified atom stereocenters. The fourth-order valence-corrected chi connectivity index (χ4v) is 5.05. The molecule has 7 nitrogen and oxygen atoms in total. The van der Waals surface area contributed by atoms with Crippen molar-refractivity contribution in [3.63, 3.8) is 0 Å². The highest BCUT2D eigenvalue weighted by molar-refractivity contribution is 7.89. The molecule has 2 aromatic rings. The van der Waals surface area contributed by atoms with Crippen molar-refractivity contribution in [1.29, 1.82) is 0 Å². The number of nitrogens with zero attached hydrogens (tertiary/aromatic N) is 2. The van der Waals surface area contributed by atoms with Crippen molar-refractivity contribution in [2.24, 2.45) is 5.92 Å². The molecular formula is C21H27N3O4S. The minimum atomic E-state index is -3.88. The highest BCUT2D eigenvalue weighted by atomic mass is 32.2. The van der Waals surface area contributed by atoms with Crippen LogP contribution in [0.15, 0.2) is 52.3 Å². The number of carbonyl (C=O) groups excluding carboxylic acids is 1. The van der Waals surface area contributed by atoms with E-state index in [0.29, 0.717) is 24.7 Å². The maximum absolute atomic E-state index is 12.9. The maximum atomic E-state index is 12.9. The molecule has 0 radical (unpaired) electrons. The summed E-state index contributed by atoms with van der Waals surface area (Å²) in [5.41, 5.74) is 1.01. The molecule has 0 spiro atoms. The summed E-state index contributed by atoms with van der Waals surface area (Å²) in [6.07, 6.45) is 3.75. The number of piperidine rings is 1. The Balaban J connectivity index is 1.80. The average molecular weight is 418 g/mol. The first kappa shape index (κ1) is 21.3. The molecule has 1 N–H and O–H groups in total. The third kappa shape index (κ3) is 4.76. The summed E-state index contributed by atoms with van der Waals surface area (Å²) in [7, 11) is -3.88. The largest absolute Gasteiger partial charge is 0.324 e. The van der Waals surface area contributed by atoms with E-state index in [0.717, 1.165) is 29.4 Å². The Kier molecular flexibility index (Phi) is 6.54. The van der Waals surface area contributed by atoms with Crippen molar-refractivity contribution in [2.45, 2.75) is 44.6 Å². The van der Waals surface area contributed by atoms with Gasteiger partial charge in [-0.1, -0.05) is 32.0 Å². The standard InChI is InChI=1S/C21H27N3O4S/c1-3-17-7-4-5-8-18(17)22-20(25)15-23-12-6-9-19(21(23)26)29(27,28)24-13-10-16(2)11-14-24/h4-9,12,16H,3,10-11,13-15H2,1-2H3,(H,22,25). The predicted octanol–water partition coefficient (Wildman–Crippen LogP) is 2.47. The zero-order chi connectivity index (χ0) is 21.0. The Labute approximate surface area is 171 Å². The van der Waals surface area contributed by atoms with Gasteiger partial charge in [0.2, 0.25) is 15.9 Å². The zero-order valence-corrected chi connectivity index (χ0v) is 17.6. The van der Waals surface area contributed by atoms with Crippen molar-refractivity contribution >= 4 is 21.6 Å².